The Balaban J connectivity index is 1.72. The van der Waals surface area contributed by atoms with Crippen molar-refractivity contribution in [3.8, 4) is 0 Å². The van der Waals surface area contributed by atoms with Gasteiger partial charge in [-0.25, -0.2) is 9.78 Å². The van der Waals surface area contributed by atoms with E-state index in [1.807, 2.05) is 45.0 Å². The number of fused-ring (bicyclic) bond motifs is 1. The number of hydrogen-bond acceptors (Lipinski definition) is 5. The van der Waals surface area contributed by atoms with Crippen LogP contribution < -0.4 is 15.5 Å². The Hall–Kier alpha value is -3.09. The van der Waals surface area contributed by atoms with Crippen molar-refractivity contribution in [2.45, 2.75) is 38.8 Å². The lowest BCUT2D eigenvalue weighted by Crippen LogP contribution is -2.40. The summed E-state index contributed by atoms with van der Waals surface area (Å²) in [5.41, 5.74) is 0.193. The lowest BCUT2D eigenvalue weighted by atomic mass is 10.1. The summed E-state index contributed by atoms with van der Waals surface area (Å²) >= 11 is 0. The second-order valence-electron chi connectivity index (χ2n) is 7.84. The van der Waals surface area contributed by atoms with E-state index in [0.29, 0.717) is 12.2 Å². The van der Waals surface area contributed by atoms with Gasteiger partial charge in [0.2, 0.25) is 5.91 Å². The quantitative estimate of drug-likeness (QED) is 0.791. The van der Waals surface area contributed by atoms with Crippen LogP contribution in [0.15, 0.2) is 43.1 Å². The van der Waals surface area contributed by atoms with Crippen molar-refractivity contribution in [3.63, 3.8) is 0 Å². The SMILES string of the molecule is C=CC(=O)Nc1ccc2c(N3CC[C@@H](NC(=O)OC(C)(C)C)C3)nccc2c1. The number of rotatable bonds is 4. The van der Waals surface area contributed by atoms with E-state index in [1.54, 1.807) is 6.20 Å². The van der Waals surface area contributed by atoms with Crippen LogP contribution in [-0.4, -0.2) is 41.7 Å². The number of amides is 2. The van der Waals surface area contributed by atoms with Gasteiger partial charge in [-0.05, 0) is 62.9 Å². The molecule has 1 aromatic heterocycles. The van der Waals surface area contributed by atoms with E-state index in [4.69, 9.17) is 4.74 Å². The molecule has 1 aromatic carbocycles. The van der Waals surface area contributed by atoms with E-state index in [2.05, 4.69) is 27.1 Å². The molecule has 0 spiro atoms. The smallest absolute Gasteiger partial charge is 0.407 e. The maximum atomic E-state index is 12.0. The number of ether oxygens (including phenoxy) is 1. The van der Waals surface area contributed by atoms with Crippen molar-refractivity contribution in [3.05, 3.63) is 43.1 Å². The zero-order valence-corrected chi connectivity index (χ0v) is 16.5. The van der Waals surface area contributed by atoms with Crippen molar-refractivity contribution in [2.24, 2.45) is 0 Å². The van der Waals surface area contributed by atoms with E-state index >= 15 is 0 Å². The van der Waals surface area contributed by atoms with Crippen molar-refractivity contribution in [1.82, 2.24) is 10.3 Å². The predicted molar refractivity (Wildman–Crippen MR) is 111 cm³/mol. The summed E-state index contributed by atoms with van der Waals surface area (Å²) in [4.78, 5) is 30.2. The molecule has 28 heavy (non-hydrogen) atoms. The highest BCUT2D eigenvalue weighted by Gasteiger charge is 2.27. The molecule has 1 saturated heterocycles. The van der Waals surface area contributed by atoms with E-state index in [9.17, 15) is 9.59 Å². The molecule has 0 aliphatic carbocycles. The van der Waals surface area contributed by atoms with Gasteiger partial charge in [-0.2, -0.15) is 0 Å². The molecule has 1 aliphatic heterocycles. The van der Waals surface area contributed by atoms with Crippen LogP contribution in [0, 0.1) is 0 Å². The molecule has 1 fully saturated rings. The van der Waals surface area contributed by atoms with Crippen LogP contribution in [-0.2, 0) is 9.53 Å². The Morgan fingerprint density at radius 3 is 2.82 bits per heavy atom. The first-order valence-electron chi connectivity index (χ1n) is 9.32. The molecular formula is C21H26N4O3. The molecule has 0 unspecified atom stereocenters. The highest BCUT2D eigenvalue weighted by molar-refractivity contribution is 6.01. The lowest BCUT2D eigenvalue weighted by molar-refractivity contribution is -0.111. The van der Waals surface area contributed by atoms with Gasteiger partial charge in [0, 0.05) is 30.4 Å². The lowest BCUT2D eigenvalue weighted by Gasteiger charge is -2.22. The summed E-state index contributed by atoms with van der Waals surface area (Å²) < 4.78 is 5.34. The van der Waals surface area contributed by atoms with Crippen LogP contribution in [0.2, 0.25) is 0 Å². The standard InChI is InChI=1S/C21H26N4O3/c1-5-18(26)23-15-6-7-17-14(12-15)8-10-22-19(17)25-11-9-16(13-25)24-20(27)28-21(2,3)4/h5-8,10,12,16H,1,9,11,13H2,2-4H3,(H,23,26)(H,24,27)/t16-/m1/s1. The molecule has 3 rings (SSSR count). The van der Waals surface area contributed by atoms with Gasteiger partial charge in [-0.15, -0.1) is 0 Å². The molecule has 0 radical (unpaired) electrons. The average Bonchev–Trinajstić information content (AvgIpc) is 3.07. The molecule has 0 saturated carbocycles. The van der Waals surface area contributed by atoms with E-state index < -0.39 is 11.7 Å². The normalized spacial score (nSPS) is 16.7. The molecule has 7 heteroatoms. The topological polar surface area (TPSA) is 83.6 Å². The molecule has 1 aliphatic rings. The number of carbonyl (C=O) groups is 2. The Bertz CT molecular complexity index is 904. The minimum atomic E-state index is -0.516. The number of nitrogens with one attached hydrogen (secondary N) is 2. The number of hydrogen-bond donors (Lipinski definition) is 2. The van der Waals surface area contributed by atoms with Crippen LogP contribution in [0.5, 0.6) is 0 Å². The fourth-order valence-electron chi connectivity index (χ4n) is 3.23. The Kier molecular flexibility index (Phi) is 5.53. The molecule has 0 bridgehead atoms. The molecular weight excluding hydrogens is 356 g/mol. The first-order chi connectivity index (χ1) is 13.2. The number of anilines is 2. The number of benzene rings is 1. The van der Waals surface area contributed by atoms with E-state index in [-0.39, 0.29) is 11.9 Å². The number of alkyl carbamates (subject to hydrolysis) is 1. The van der Waals surface area contributed by atoms with Crippen molar-refractivity contribution in [1.29, 1.82) is 0 Å². The highest BCUT2D eigenvalue weighted by atomic mass is 16.6. The average molecular weight is 382 g/mol. The maximum absolute atomic E-state index is 12.0. The molecule has 148 valence electrons. The van der Waals surface area contributed by atoms with Gasteiger partial charge in [0.15, 0.2) is 0 Å². The summed E-state index contributed by atoms with van der Waals surface area (Å²) in [5.74, 6) is 0.622. The molecule has 7 nitrogen and oxygen atoms in total. The van der Waals surface area contributed by atoms with Crippen molar-refractivity contribution in [2.75, 3.05) is 23.3 Å². The van der Waals surface area contributed by atoms with Gasteiger partial charge < -0.3 is 20.3 Å². The predicted octanol–water partition coefficient (Wildman–Crippen LogP) is 3.46. The second-order valence-corrected chi connectivity index (χ2v) is 7.84. The third kappa shape index (κ3) is 4.79. The third-order valence-electron chi connectivity index (χ3n) is 4.40. The number of pyridine rings is 1. The fraction of sp³-hybridized carbons (Fsp3) is 0.381. The highest BCUT2D eigenvalue weighted by Crippen LogP contribution is 2.29. The van der Waals surface area contributed by atoms with Crippen molar-refractivity contribution < 1.29 is 14.3 Å². The summed E-state index contributed by atoms with van der Waals surface area (Å²) in [6, 6.07) is 7.63. The van der Waals surface area contributed by atoms with E-state index in [1.165, 1.54) is 6.08 Å². The largest absolute Gasteiger partial charge is 0.444 e. The minimum absolute atomic E-state index is 0.0121. The van der Waals surface area contributed by atoms with Crippen molar-refractivity contribution >= 4 is 34.3 Å². The summed E-state index contributed by atoms with van der Waals surface area (Å²) in [6.07, 6.45) is 3.42. The number of nitrogens with zero attached hydrogens (tertiary/aromatic N) is 2. The third-order valence-corrected chi connectivity index (χ3v) is 4.40. The Morgan fingerprint density at radius 2 is 2.11 bits per heavy atom. The van der Waals surface area contributed by atoms with Gasteiger partial charge in [-0.1, -0.05) is 6.58 Å². The van der Waals surface area contributed by atoms with Crippen LogP contribution in [0.25, 0.3) is 10.8 Å². The van der Waals surface area contributed by atoms with Gasteiger partial charge >= 0.3 is 6.09 Å². The van der Waals surface area contributed by atoms with Crippen LogP contribution in [0.3, 0.4) is 0 Å². The Labute approximate surface area is 164 Å². The number of carbonyl (C=O) groups excluding carboxylic acids is 2. The molecule has 2 aromatic rings. The number of aromatic nitrogens is 1. The zero-order chi connectivity index (χ0) is 20.3. The molecule has 2 N–H and O–H groups in total. The zero-order valence-electron chi connectivity index (χ0n) is 16.5. The first-order valence-corrected chi connectivity index (χ1v) is 9.32. The monoisotopic (exact) mass is 382 g/mol. The first kappa shape index (κ1) is 19.7. The van der Waals surface area contributed by atoms with Gasteiger partial charge in [0.1, 0.15) is 11.4 Å². The maximum Gasteiger partial charge on any atom is 0.407 e. The Morgan fingerprint density at radius 1 is 1.32 bits per heavy atom. The van der Waals surface area contributed by atoms with Gasteiger partial charge in [-0.3, -0.25) is 4.79 Å². The summed E-state index contributed by atoms with van der Waals surface area (Å²) in [7, 11) is 0. The van der Waals surface area contributed by atoms with Gasteiger partial charge in [0.05, 0.1) is 6.04 Å². The fourth-order valence-corrected chi connectivity index (χ4v) is 3.23. The van der Waals surface area contributed by atoms with Crippen LogP contribution in [0.1, 0.15) is 27.2 Å². The molecule has 2 heterocycles. The molecule has 1 atom stereocenters. The van der Waals surface area contributed by atoms with E-state index in [0.717, 1.165) is 29.6 Å². The van der Waals surface area contributed by atoms with Crippen LogP contribution >= 0.6 is 0 Å². The van der Waals surface area contributed by atoms with Gasteiger partial charge in [0.25, 0.3) is 0 Å². The summed E-state index contributed by atoms with van der Waals surface area (Å²) in [6.45, 7) is 10.5. The minimum Gasteiger partial charge on any atom is -0.444 e. The second kappa shape index (κ2) is 7.88. The molecule has 2 amide bonds. The van der Waals surface area contributed by atoms with Crippen LogP contribution in [0.4, 0.5) is 16.3 Å². The summed E-state index contributed by atoms with van der Waals surface area (Å²) in [5, 5.41) is 7.68.